The van der Waals surface area contributed by atoms with E-state index in [1.807, 2.05) is 0 Å². The summed E-state index contributed by atoms with van der Waals surface area (Å²) in [5.41, 5.74) is -0.428. The van der Waals surface area contributed by atoms with Gasteiger partial charge in [-0.15, -0.1) is 0 Å². The summed E-state index contributed by atoms with van der Waals surface area (Å²) in [6.07, 6.45) is -30.2. The zero-order chi connectivity index (χ0) is 53.1. The van der Waals surface area contributed by atoms with Gasteiger partial charge >= 0.3 is 0 Å². The number of rotatable bonds is 11. The summed E-state index contributed by atoms with van der Waals surface area (Å²) in [5, 5.41) is 153. The molecule has 33 unspecified atom stereocenters. The highest BCUT2D eigenvalue weighted by molar-refractivity contribution is 5.17. The minimum atomic E-state index is -2.03. The maximum atomic E-state index is 12.1. The van der Waals surface area contributed by atoms with Gasteiger partial charge in [0.05, 0.1) is 57.5 Å². The van der Waals surface area contributed by atoms with Crippen molar-refractivity contribution in [3.8, 4) is 0 Å². The van der Waals surface area contributed by atoms with Crippen molar-refractivity contribution in [1.82, 2.24) is 0 Å². The Kier molecular flexibility index (Phi) is 16.4. The Balaban J connectivity index is 0.784. The molecule has 10 rings (SSSR count). The van der Waals surface area contributed by atoms with Crippen LogP contribution in [0.15, 0.2) is 0 Å². The van der Waals surface area contributed by atoms with Crippen molar-refractivity contribution in [2.45, 2.75) is 226 Å². The number of ether oxygens (including phenoxy) is 10. The highest BCUT2D eigenvalue weighted by atomic mass is 16.8. The molecule has 4 saturated carbocycles. The lowest BCUT2D eigenvalue weighted by Gasteiger charge is -2.63. The van der Waals surface area contributed by atoms with Crippen molar-refractivity contribution in [1.29, 1.82) is 0 Å². The largest absolute Gasteiger partial charge is 0.394 e. The minimum Gasteiger partial charge on any atom is -0.394 e. The van der Waals surface area contributed by atoms with Gasteiger partial charge in [0.15, 0.2) is 30.9 Å². The van der Waals surface area contributed by atoms with E-state index in [0.717, 1.165) is 32.1 Å². The fourth-order valence-corrected chi connectivity index (χ4v) is 16.0. The van der Waals surface area contributed by atoms with Gasteiger partial charge < -0.3 is 119 Å². The average Bonchev–Trinajstić information content (AvgIpc) is 3.83. The fraction of sp³-hybridized carbons (Fsp3) is 1.00. The van der Waals surface area contributed by atoms with Crippen LogP contribution < -0.4 is 0 Å². The van der Waals surface area contributed by atoms with Gasteiger partial charge in [0, 0.05) is 12.3 Å². The zero-order valence-corrected chi connectivity index (χ0v) is 42.4. The Labute approximate surface area is 429 Å². The Bertz CT molecular complexity index is 1900. The van der Waals surface area contributed by atoms with Gasteiger partial charge in [-0.05, 0) is 91.3 Å². The van der Waals surface area contributed by atoms with E-state index in [0.29, 0.717) is 37.2 Å². The van der Waals surface area contributed by atoms with Crippen LogP contribution in [0.2, 0.25) is 0 Å². The molecule has 14 N–H and O–H groups in total. The fourth-order valence-electron chi connectivity index (χ4n) is 16.0. The summed E-state index contributed by atoms with van der Waals surface area (Å²) >= 11 is 0. The normalized spacial score (nSPS) is 58.6. The maximum absolute atomic E-state index is 12.1. The smallest absolute Gasteiger partial charge is 0.187 e. The molecular weight excluding hydrogens is 985 g/mol. The molecule has 6 saturated heterocycles. The molecular formula is C50H82O24. The van der Waals surface area contributed by atoms with Crippen molar-refractivity contribution in [2.24, 2.45) is 52.3 Å². The summed E-state index contributed by atoms with van der Waals surface area (Å²) in [5.74, 6) is 1.09. The lowest BCUT2D eigenvalue weighted by atomic mass is 9.43. The van der Waals surface area contributed by atoms with Gasteiger partial charge in [0.25, 0.3) is 0 Å². The standard InChI is InChI=1S/C50H82O24/c1-18-5-8-50(66-16-18)19(2)32-28(74-50)10-22-20-9-24(54)23-11-27(25(55)12-49(23,4)21(20)6-7-48(22,32)3)67-44-39(63)37(61)41(31(15-53)70-44)71-46-40(64)42(35(59)30(14-52)69-46)72-47-43(33(57)26(56)17-65-47)73-45-38(62)36(60)34(58)29(13-51)68-45/h18-47,51-64H,5-17H2,1-4H3. The van der Waals surface area contributed by atoms with Crippen LogP contribution in [0.3, 0.4) is 0 Å². The van der Waals surface area contributed by atoms with Crippen LogP contribution in [0.1, 0.15) is 79.1 Å². The molecule has 1 spiro atoms. The van der Waals surface area contributed by atoms with E-state index < -0.39 is 173 Å². The molecule has 24 nitrogen and oxygen atoms in total. The SMILES string of the molecule is CC1CCC2(OC1)OC1CC3C4CC(O)C5CC(OC6OC(CO)C(OC7OC(CO)C(O)C(OC8OCC(O)C(O)C8OC8OC(CO)C(O)C(O)C8O)C7O)C(O)C6O)C(O)CC5(C)C4CCC3(C)C1C2C. The molecule has 6 heterocycles. The number of hydrogen-bond donors (Lipinski definition) is 14. The van der Waals surface area contributed by atoms with E-state index in [1.54, 1.807) is 0 Å². The van der Waals surface area contributed by atoms with Crippen LogP contribution in [-0.4, -0.2) is 251 Å². The first-order valence-corrected chi connectivity index (χ1v) is 26.9. The molecule has 0 aromatic rings. The molecule has 0 aromatic carbocycles. The molecule has 6 aliphatic heterocycles. The Morgan fingerprint density at radius 2 is 1.12 bits per heavy atom. The van der Waals surface area contributed by atoms with E-state index >= 15 is 0 Å². The first-order chi connectivity index (χ1) is 35.1. The van der Waals surface area contributed by atoms with Gasteiger partial charge in [0.1, 0.15) is 91.6 Å². The minimum absolute atomic E-state index is 0.0169. The summed E-state index contributed by atoms with van der Waals surface area (Å²) < 4.78 is 60.0. The Morgan fingerprint density at radius 3 is 1.80 bits per heavy atom. The number of aliphatic hydroxyl groups is 14. The molecule has 10 aliphatic rings. The predicted octanol–water partition coefficient (Wildman–Crippen LogP) is -4.33. The lowest BCUT2D eigenvalue weighted by molar-refractivity contribution is -0.390. The van der Waals surface area contributed by atoms with Crippen molar-refractivity contribution >= 4 is 0 Å². The van der Waals surface area contributed by atoms with E-state index in [-0.39, 0.29) is 41.6 Å². The average molecular weight is 1070 g/mol. The van der Waals surface area contributed by atoms with Crippen LogP contribution in [0, 0.1) is 52.3 Å². The second kappa shape index (κ2) is 21.5. The van der Waals surface area contributed by atoms with Gasteiger partial charge in [0.2, 0.25) is 0 Å². The van der Waals surface area contributed by atoms with Gasteiger partial charge in [-0.2, -0.15) is 0 Å². The second-order valence-corrected chi connectivity index (χ2v) is 24.2. The molecule has 74 heavy (non-hydrogen) atoms. The van der Waals surface area contributed by atoms with E-state index in [1.165, 1.54) is 0 Å². The van der Waals surface area contributed by atoms with Crippen LogP contribution in [0.4, 0.5) is 0 Å². The first-order valence-electron chi connectivity index (χ1n) is 26.9. The van der Waals surface area contributed by atoms with Gasteiger partial charge in [-0.3, -0.25) is 0 Å². The lowest BCUT2D eigenvalue weighted by Crippen LogP contribution is -2.67. The van der Waals surface area contributed by atoms with Crippen molar-refractivity contribution in [3.63, 3.8) is 0 Å². The van der Waals surface area contributed by atoms with E-state index in [4.69, 9.17) is 47.4 Å². The highest BCUT2D eigenvalue weighted by Gasteiger charge is 2.70. The Morgan fingerprint density at radius 1 is 0.500 bits per heavy atom. The Hall–Kier alpha value is -0.960. The van der Waals surface area contributed by atoms with Crippen LogP contribution in [0.25, 0.3) is 0 Å². The van der Waals surface area contributed by atoms with Crippen LogP contribution in [0.5, 0.6) is 0 Å². The predicted molar refractivity (Wildman–Crippen MR) is 245 cm³/mol. The third-order valence-electron chi connectivity index (χ3n) is 20.0. The summed E-state index contributed by atoms with van der Waals surface area (Å²) in [6, 6.07) is 0. The highest BCUT2D eigenvalue weighted by Crippen LogP contribution is 2.71. The molecule has 24 heteroatoms. The molecule has 426 valence electrons. The second-order valence-electron chi connectivity index (χ2n) is 24.2. The molecule has 0 amide bonds. The quantitative estimate of drug-likeness (QED) is 0.0870. The van der Waals surface area contributed by atoms with Crippen molar-refractivity contribution in [2.75, 3.05) is 33.0 Å². The third kappa shape index (κ3) is 9.45. The molecule has 33 atom stereocenters. The molecule has 0 radical (unpaired) electrons. The van der Waals surface area contributed by atoms with Gasteiger partial charge in [-0.1, -0.05) is 27.7 Å². The monoisotopic (exact) mass is 1070 g/mol. The number of fused-ring (bicyclic) bond motifs is 7. The molecule has 0 aromatic heterocycles. The van der Waals surface area contributed by atoms with E-state index in [2.05, 4.69) is 27.7 Å². The van der Waals surface area contributed by atoms with E-state index in [9.17, 15) is 71.5 Å². The number of aliphatic hydroxyl groups excluding tert-OH is 14. The van der Waals surface area contributed by atoms with Crippen molar-refractivity contribution < 1.29 is 119 Å². The maximum Gasteiger partial charge on any atom is 0.187 e. The topological polar surface area (TPSA) is 376 Å². The summed E-state index contributed by atoms with van der Waals surface area (Å²) in [6.45, 7) is 6.72. The van der Waals surface area contributed by atoms with Gasteiger partial charge in [-0.25, -0.2) is 0 Å². The third-order valence-corrected chi connectivity index (χ3v) is 20.0. The number of hydrogen-bond acceptors (Lipinski definition) is 24. The van der Waals surface area contributed by atoms with Crippen molar-refractivity contribution in [3.05, 3.63) is 0 Å². The summed E-state index contributed by atoms with van der Waals surface area (Å²) in [7, 11) is 0. The summed E-state index contributed by atoms with van der Waals surface area (Å²) in [4.78, 5) is 0. The molecule has 0 bridgehead atoms. The molecule has 4 aliphatic carbocycles. The molecule has 10 fully saturated rings. The van der Waals surface area contributed by atoms with Crippen LogP contribution in [-0.2, 0) is 47.4 Å². The first kappa shape index (κ1) is 56.3. The zero-order valence-electron chi connectivity index (χ0n) is 42.4. The van der Waals surface area contributed by atoms with Crippen LogP contribution >= 0.6 is 0 Å².